The SMILES string of the molecule is C=C(C)C(=O)OC1=CC(=O)N(c2ccccc2)C1=O. The maximum atomic E-state index is 12.0. The normalized spacial score (nSPS) is 14.4. The lowest BCUT2D eigenvalue weighted by Crippen LogP contribution is -2.31. The van der Waals surface area contributed by atoms with Gasteiger partial charge in [0.1, 0.15) is 0 Å². The van der Waals surface area contributed by atoms with Gasteiger partial charge in [0, 0.05) is 5.57 Å². The topological polar surface area (TPSA) is 63.7 Å². The van der Waals surface area contributed by atoms with E-state index in [1.54, 1.807) is 30.3 Å². The number of esters is 1. The van der Waals surface area contributed by atoms with E-state index in [0.29, 0.717) is 5.69 Å². The summed E-state index contributed by atoms with van der Waals surface area (Å²) in [6.07, 6.45) is 0.996. The number of carbonyl (C=O) groups excluding carboxylic acids is 3. The predicted octanol–water partition coefficient (Wildman–Crippen LogP) is 1.56. The Hall–Kier alpha value is -2.69. The molecule has 2 rings (SSSR count). The fraction of sp³-hybridized carbons (Fsp3) is 0.0714. The number of benzene rings is 1. The molecule has 0 saturated carbocycles. The molecule has 1 aliphatic heterocycles. The van der Waals surface area contributed by atoms with Crippen LogP contribution < -0.4 is 4.90 Å². The number of carbonyl (C=O) groups is 3. The summed E-state index contributed by atoms with van der Waals surface area (Å²) < 4.78 is 4.82. The molecule has 0 atom stereocenters. The molecule has 0 spiro atoms. The van der Waals surface area contributed by atoms with E-state index in [1.807, 2.05) is 0 Å². The average Bonchev–Trinajstić information content (AvgIpc) is 2.65. The van der Waals surface area contributed by atoms with Gasteiger partial charge in [0.25, 0.3) is 5.91 Å². The smallest absolute Gasteiger partial charge is 0.338 e. The van der Waals surface area contributed by atoms with Crippen molar-refractivity contribution in [3.05, 3.63) is 54.3 Å². The van der Waals surface area contributed by atoms with Gasteiger partial charge in [0.05, 0.1) is 11.8 Å². The summed E-state index contributed by atoms with van der Waals surface area (Å²) in [6, 6.07) is 8.41. The van der Waals surface area contributed by atoms with Crippen molar-refractivity contribution in [1.29, 1.82) is 0 Å². The van der Waals surface area contributed by atoms with Crippen LogP contribution in [0.1, 0.15) is 6.92 Å². The molecule has 0 radical (unpaired) electrons. The molecule has 0 unspecified atom stereocenters. The van der Waals surface area contributed by atoms with Crippen LogP contribution in [0.3, 0.4) is 0 Å². The minimum atomic E-state index is -0.734. The van der Waals surface area contributed by atoms with Gasteiger partial charge in [-0.1, -0.05) is 24.8 Å². The molecular weight excluding hydrogens is 246 g/mol. The van der Waals surface area contributed by atoms with Crippen LogP contribution in [0.4, 0.5) is 5.69 Å². The first-order chi connectivity index (χ1) is 9.00. The molecule has 1 aromatic carbocycles. The molecule has 0 saturated heterocycles. The summed E-state index contributed by atoms with van der Waals surface area (Å²) in [6.45, 7) is 4.86. The van der Waals surface area contributed by atoms with Crippen LogP contribution in [-0.4, -0.2) is 17.8 Å². The Balaban J connectivity index is 2.22. The zero-order valence-electron chi connectivity index (χ0n) is 10.3. The maximum Gasteiger partial charge on any atom is 0.338 e. The maximum absolute atomic E-state index is 12.0. The van der Waals surface area contributed by atoms with Crippen molar-refractivity contribution >= 4 is 23.5 Å². The van der Waals surface area contributed by atoms with Crippen LogP contribution in [0.25, 0.3) is 0 Å². The molecule has 0 N–H and O–H groups in total. The van der Waals surface area contributed by atoms with E-state index < -0.39 is 17.8 Å². The standard InChI is InChI=1S/C14H11NO4/c1-9(2)14(18)19-11-8-12(16)15(13(11)17)10-6-4-3-5-7-10/h3-8H,1H2,2H3. The molecule has 5 heteroatoms. The van der Waals surface area contributed by atoms with E-state index in [9.17, 15) is 14.4 Å². The summed E-state index contributed by atoms with van der Waals surface area (Å²) in [5.74, 6) is -2.23. The molecule has 1 heterocycles. The Bertz CT molecular complexity index is 601. The molecule has 0 aliphatic carbocycles. The molecule has 1 aromatic rings. The Labute approximate surface area is 109 Å². The first kappa shape index (κ1) is 12.8. The second-order valence-corrected chi connectivity index (χ2v) is 3.99. The van der Waals surface area contributed by atoms with Crippen LogP contribution in [-0.2, 0) is 19.1 Å². The quantitative estimate of drug-likeness (QED) is 0.468. The molecule has 96 valence electrons. The molecule has 5 nitrogen and oxygen atoms in total. The van der Waals surface area contributed by atoms with Gasteiger partial charge < -0.3 is 4.74 Å². The number of imide groups is 1. The summed E-state index contributed by atoms with van der Waals surface area (Å²) in [5, 5.41) is 0. The van der Waals surface area contributed by atoms with E-state index >= 15 is 0 Å². The fourth-order valence-electron chi connectivity index (χ4n) is 1.53. The molecule has 2 amide bonds. The molecule has 0 aromatic heterocycles. The molecule has 19 heavy (non-hydrogen) atoms. The predicted molar refractivity (Wildman–Crippen MR) is 67.9 cm³/mol. The van der Waals surface area contributed by atoms with E-state index in [2.05, 4.69) is 6.58 Å². The van der Waals surface area contributed by atoms with Gasteiger partial charge in [-0.15, -0.1) is 0 Å². The van der Waals surface area contributed by atoms with Gasteiger partial charge in [0.2, 0.25) is 5.76 Å². The first-order valence-electron chi connectivity index (χ1n) is 5.53. The zero-order valence-corrected chi connectivity index (χ0v) is 10.3. The lowest BCUT2D eigenvalue weighted by molar-refractivity contribution is -0.138. The second-order valence-electron chi connectivity index (χ2n) is 3.99. The Morgan fingerprint density at radius 1 is 1.21 bits per heavy atom. The number of rotatable bonds is 3. The number of hydrogen-bond donors (Lipinski definition) is 0. The van der Waals surface area contributed by atoms with E-state index in [-0.39, 0.29) is 11.3 Å². The second kappa shape index (κ2) is 4.89. The summed E-state index contributed by atoms with van der Waals surface area (Å²) in [5.41, 5.74) is 0.578. The lowest BCUT2D eigenvalue weighted by Gasteiger charge is -2.14. The average molecular weight is 257 g/mol. The van der Waals surface area contributed by atoms with Crippen molar-refractivity contribution in [3.8, 4) is 0 Å². The van der Waals surface area contributed by atoms with Crippen molar-refractivity contribution in [2.45, 2.75) is 6.92 Å². The lowest BCUT2D eigenvalue weighted by atomic mass is 10.3. The van der Waals surface area contributed by atoms with Crippen molar-refractivity contribution < 1.29 is 19.1 Å². The highest BCUT2D eigenvalue weighted by Gasteiger charge is 2.35. The van der Waals surface area contributed by atoms with Crippen LogP contribution in [0.5, 0.6) is 0 Å². The summed E-state index contributed by atoms with van der Waals surface area (Å²) in [7, 11) is 0. The molecule has 1 aliphatic rings. The number of nitrogens with zero attached hydrogens (tertiary/aromatic N) is 1. The Morgan fingerprint density at radius 2 is 1.84 bits per heavy atom. The van der Waals surface area contributed by atoms with Gasteiger partial charge in [0.15, 0.2) is 0 Å². The van der Waals surface area contributed by atoms with Crippen molar-refractivity contribution in [2.24, 2.45) is 0 Å². The number of hydrogen-bond acceptors (Lipinski definition) is 4. The van der Waals surface area contributed by atoms with Gasteiger partial charge in [-0.25, -0.2) is 9.69 Å². The third-order valence-corrected chi connectivity index (χ3v) is 2.45. The van der Waals surface area contributed by atoms with E-state index in [0.717, 1.165) is 11.0 Å². The number of amides is 2. The molecule has 0 fully saturated rings. The van der Waals surface area contributed by atoms with Crippen LogP contribution in [0, 0.1) is 0 Å². The van der Waals surface area contributed by atoms with Crippen LogP contribution >= 0.6 is 0 Å². The Morgan fingerprint density at radius 3 is 2.42 bits per heavy atom. The van der Waals surface area contributed by atoms with E-state index in [1.165, 1.54) is 6.92 Å². The van der Waals surface area contributed by atoms with Gasteiger partial charge >= 0.3 is 11.9 Å². The summed E-state index contributed by atoms with van der Waals surface area (Å²) in [4.78, 5) is 36.1. The molecule has 0 bridgehead atoms. The van der Waals surface area contributed by atoms with Crippen molar-refractivity contribution in [2.75, 3.05) is 4.90 Å². The van der Waals surface area contributed by atoms with Crippen LogP contribution in [0.15, 0.2) is 54.3 Å². The van der Waals surface area contributed by atoms with Gasteiger partial charge in [-0.3, -0.25) is 9.59 Å². The minimum absolute atomic E-state index is 0.152. The Kier molecular flexibility index (Phi) is 3.29. The number of ether oxygens (including phenoxy) is 1. The monoisotopic (exact) mass is 257 g/mol. The van der Waals surface area contributed by atoms with Crippen molar-refractivity contribution in [1.82, 2.24) is 0 Å². The van der Waals surface area contributed by atoms with Gasteiger partial charge in [-0.05, 0) is 19.1 Å². The third kappa shape index (κ3) is 2.44. The third-order valence-electron chi connectivity index (χ3n) is 2.45. The number of para-hydroxylation sites is 1. The summed E-state index contributed by atoms with van der Waals surface area (Å²) >= 11 is 0. The van der Waals surface area contributed by atoms with E-state index in [4.69, 9.17) is 4.74 Å². The largest absolute Gasteiger partial charge is 0.417 e. The highest BCUT2D eigenvalue weighted by atomic mass is 16.5. The zero-order chi connectivity index (χ0) is 14.0. The minimum Gasteiger partial charge on any atom is -0.417 e. The highest BCUT2D eigenvalue weighted by molar-refractivity contribution is 6.30. The van der Waals surface area contributed by atoms with Gasteiger partial charge in [-0.2, -0.15) is 0 Å². The number of anilines is 1. The fourth-order valence-corrected chi connectivity index (χ4v) is 1.53. The van der Waals surface area contributed by atoms with Crippen LogP contribution in [0.2, 0.25) is 0 Å². The highest BCUT2D eigenvalue weighted by Crippen LogP contribution is 2.22. The van der Waals surface area contributed by atoms with Crippen molar-refractivity contribution in [3.63, 3.8) is 0 Å². The molecular formula is C14H11NO4. The first-order valence-corrected chi connectivity index (χ1v) is 5.53.